The summed E-state index contributed by atoms with van der Waals surface area (Å²) in [7, 11) is 1.62. The molecule has 1 aromatic carbocycles. The zero-order chi connectivity index (χ0) is 15.3. The van der Waals surface area contributed by atoms with Gasteiger partial charge in [0.15, 0.2) is 0 Å². The van der Waals surface area contributed by atoms with Gasteiger partial charge in [-0.05, 0) is 54.9 Å². The molecule has 2 fully saturated rings. The minimum Gasteiger partial charge on any atom is -0.497 e. The number of hydrogen-bond acceptors (Lipinski definition) is 3. The third-order valence-corrected chi connectivity index (χ3v) is 6.29. The number of esters is 1. The fourth-order valence-electron chi connectivity index (χ4n) is 4.23. The molecule has 3 nitrogen and oxygen atoms in total. The van der Waals surface area contributed by atoms with Gasteiger partial charge in [0.2, 0.25) is 0 Å². The number of carbonyl (C=O) groups is 1. The van der Waals surface area contributed by atoms with Crippen molar-refractivity contribution in [2.24, 2.45) is 16.7 Å². The van der Waals surface area contributed by atoms with Crippen molar-refractivity contribution >= 4 is 5.97 Å². The van der Waals surface area contributed by atoms with E-state index in [1.807, 2.05) is 0 Å². The number of ether oxygens (including phenoxy) is 2. The van der Waals surface area contributed by atoms with Crippen molar-refractivity contribution in [3.63, 3.8) is 0 Å². The Kier molecular flexibility index (Phi) is 3.27. The van der Waals surface area contributed by atoms with E-state index >= 15 is 0 Å². The molecule has 0 amide bonds. The zero-order valence-electron chi connectivity index (χ0n) is 13.3. The molecule has 3 heteroatoms. The molecule has 2 bridgehead atoms. The van der Waals surface area contributed by atoms with Crippen LogP contribution in [0.15, 0.2) is 24.3 Å². The monoisotopic (exact) mass is 288 g/mol. The SMILES string of the molecule is COc1ccc(C(=O)O[C@H]2C[C@H]3CC[C@@]2(C)C3(C)C)cc1. The van der Waals surface area contributed by atoms with E-state index in [1.165, 1.54) is 6.42 Å². The average molecular weight is 288 g/mol. The van der Waals surface area contributed by atoms with E-state index in [0.29, 0.717) is 11.5 Å². The van der Waals surface area contributed by atoms with Gasteiger partial charge in [-0.1, -0.05) is 20.8 Å². The second-order valence-electron chi connectivity index (χ2n) is 7.23. The fourth-order valence-corrected chi connectivity index (χ4v) is 4.23. The van der Waals surface area contributed by atoms with Crippen molar-refractivity contribution < 1.29 is 14.3 Å². The first-order chi connectivity index (χ1) is 9.88. The molecule has 3 atom stereocenters. The summed E-state index contributed by atoms with van der Waals surface area (Å²) >= 11 is 0. The van der Waals surface area contributed by atoms with Gasteiger partial charge in [-0.25, -0.2) is 4.79 Å². The molecule has 2 aliphatic rings. The largest absolute Gasteiger partial charge is 0.497 e. The van der Waals surface area contributed by atoms with E-state index in [1.54, 1.807) is 31.4 Å². The van der Waals surface area contributed by atoms with E-state index in [4.69, 9.17) is 9.47 Å². The van der Waals surface area contributed by atoms with Crippen LogP contribution < -0.4 is 4.74 Å². The van der Waals surface area contributed by atoms with E-state index < -0.39 is 0 Å². The number of benzene rings is 1. The fraction of sp³-hybridized carbons (Fsp3) is 0.611. The summed E-state index contributed by atoms with van der Waals surface area (Å²) < 4.78 is 11.0. The summed E-state index contributed by atoms with van der Waals surface area (Å²) in [6.45, 7) is 6.93. The highest BCUT2D eigenvalue weighted by Crippen LogP contribution is 2.66. The Morgan fingerprint density at radius 1 is 1.19 bits per heavy atom. The lowest BCUT2D eigenvalue weighted by Gasteiger charge is -2.38. The Labute approximate surface area is 126 Å². The van der Waals surface area contributed by atoms with Gasteiger partial charge in [-0.2, -0.15) is 0 Å². The predicted molar refractivity (Wildman–Crippen MR) is 81.4 cm³/mol. The lowest BCUT2D eigenvalue weighted by atomic mass is 9.70. The molecule has 1 aromatic rings. The lowest BCUT2D eigenvalue weighted by Crippen LogP contribution is -2.38. The van der Waals surface area contributed by atoms with Crippen LogP contribution in [0, 0.1) is 16.7 Å². The van der Waals surface area contributed by atoms with E-state index in [9.17, 15) is 4.79 Å². The number of rotatable bonds is 3. The molecule has 0 radical (unpaired) electrons. The molecule has 2 aliphatic carbocycles. The second-order valence-corrected chi connectivity index (χ2v) is 7.23. The Morgan fingerprint density at radius 3 is 2.33 bits per heavy atom. The molecule has 0 heterocycles. The minimum atomic E-state index is -0.216. The highest BCUT2D eigenvalue weighted by molar-refractivity contribution is 5.89. The van der Waals surface area contributed by atoms with Gasteiger partial charge in [-0.3, -0.25) is 0 Å². The van der Waals surface area contributed by atoms with Crippen LogP contribution in [0.3, 0.4) is 0 Å². The minimum absolute atomic E-state index is 0.0425. The quantitative estimate of drug-likeness (QED) is 0.787. The van der Waals surface area contributed by atoms with Crippen LogP contribution in [-0.4, -0.2) is 19.2 Å². The number of carbonyl (C=O) groups excluding carboxylic acids is 1. The van der Waals surface area contributed by atoms with Gasteiger partial charge in [0, 0.05) is 5.41 Å². The molecule has 114 valence electrons. The Balaban J connectivity index is 1.74. The molecule has 0 aliphatic heterocycles. The van der Waals surface area contributed by atoms with Gasteiger partial charge >= 0.3 is 5.97 Å². The topological polar surface area (TPSA) is 35.5 Å². The van der Waals surface area contributed by atoms with E-state index in [-0.39, 0.29) is 22.9 Å². The van der Waals surface area contributed by atoms with Gasteiger partial charge in [-0.15, -0.1) is 0 Å². The molecule has 0 aromatic heterocycles. The summed E-state index contributed by atoms with van der Waals surface area (Å²) in [5.74, 6) is 1.21. The number of fused-ring (bicyclic) bond motifs is 2. The molecule has 0 spiro atoms. The maximum atomic E-state index is 12.4. The van der Waals surface area contributed by atoms with E-state index in [0.717, 1.165) is 18.6 Å². The third-order valence-electron chi connectivity index (χ3n) is 6.29. The molecule has 0 N–H and O–H groups in total. The van der Waals surface area contributed by atoms with Crippen LogP contribution >= 0.6 is 0 Å². The maximum absolute atomic E-state index is 12.4. The summed E-state index contributed by atoms with van der Waals surface area (Å²) in [5, 5.41) is 0. The molecular weight excluding hydrogens is 264 g/mol. The zero-order valence-corrected chi connectivity index (χ0v) is 13.3. The summed E-state index contributed by atoms with van der Waals surface area (Å²) in [5.41, 5.74) is 0.970. The molecular formula is C18H24O3. The highest BCUT2D eigenvalue weighted by Gasteiger charge is 2.62. The Hall–Kier alpha value is -1.51. The average Bonchev–Trinajstić information content (AvgIpc) is 2.80. The predicted octanol–water partition coefficient (Wildman–Crippen LogP) is 4.07. The van der Waals surface area contributed by atoms with Gasteiger partial charge in [0.25, 0.3) is 0 Å². The Morgan fingerprint density at radius 2 is 1.86 bits per heavy atom. The number of hydrogen-bond donors (Lipinski definition) is 0. The molecule has 3 rings (SSSR count). The third kappa shape index (κ3) is 2.05. The molecule has 21 heavy (non-hydrogen) atoms. The van der Waals surface area contributed by atoms with Gasteiger partial charge < -0.3 is 9.47 Å². The van der Waals surface area contributed by atoms with Crippen LogP contribution in [0.5, 0.6) is 5.75 Å². The van der Waals surface area contributed by atoms with Gasteiger partial charge in [0.1, 0.15) is 11.9 Å². The first-order valence-corrected chi connectivity index (χ1v) is 7.73. The van der Waals surface area contributed by atoms with Crippen molar-refractivity contribution in [2.45, 2.75) is 46.1 Å². The highest BCUT2D eigenvalue weighted by atomic mass is 16.5. The van der Waals surface area contributed by atoms with Crippen LogP contribution in [0.1, 0.15) is 50.4 Å². The summed E-state index contributed by atoms with van der Waals surface area (Å²) in [6, 6.07) is 7.12. The first-order valence-electron chi connectivity index (χ1n) is 7.73. The number of methoxy groups -OCH3 is 1. The molecule has 2 saturated carbocycles. The molecule has 0 saturated heterocycles. The standard InChI is InChI=1S/C18H24O3/c1-17(2)13-9-10-18(17,3)15(11-13)21-16(19)12-5-7-14(20-4)8-6-12/h5-8,13,15H,9-11H2,1-4H3/t13-,15+,18-/m1/s1. The van der Waals surface area contributed by atoms with Gasteiger partial charge in [0.05, 0.1) is 12.7 Å². The second kappa shape index (κ2) is 4.75. The van der Waals surface area contributed by atoms with Crippen molar-refractivity contribution in [3.8, 4) is 5.75 Å². The van der Waals surface area contributed by atoms with Crippen LogP contribution in [0.4, 0.5) is 0 Å². The molecule has 0 unspecified atom stereocenters. The van der Waals surface area contributed by atoms with Crippen molar-refractivity contribution in [1.29, 1.82) is 0 Å². The van der Waals surface area contributed by atoms with Crippen LogP contribution in [-0.2, 0) is 4.74 Å². The smallest absolute Gasteiger partial charge is 0.338 e. The maximum Gasteiger partial charge on any atom is 0.338 e. The van der Waals surface area contributed by atoms with Crippen LogP contribution in [0.2, 0.25) is 0 Å². The normalized spacial score (nSPS) is 33.0. The van der Waals surface area contributed by atoms with Crippen molar-refractivity contribution in [1.82, 2.24) is 0 Å². The summed E-state index contributed by atoms with van der Waals surface area (Å²) in [6.07, 6.45) is 3.47. The lowest BCUT2D eigenvalue weighted by molar-refractivity contribution is -0.0242. The van der Waals surface area contributed by atoms with Crippen molar-refractivity contribution in [2.75, 3.05) is 7.11 Å². The Bertz CT molecular complexity index is 546. The van der Waals surface area contributed by atoms with Crippen LogP contribution in [0.25, 0.3) is 0 Å². The summed E-state index contributed by atoms with van der Waals surface area (Å²) in [4.78, 5) is 12.4. The first kappa shape index (κ1) is 14.4. The van der Waals surface area contributed by atoms with E-state index in [2.05, 4.69) is 20.8 Å². The van der Waals surface area contributed by atoms with Crippen molar-refractivity contribution in [3.05, 3.63) is 29.8 Å².